The van der Waals surface area contributed by atoms with Crippen molar-refractivity contribution >= 4 is 23.3 Å². The number of ketones is 1. The maximum atomic E-state index is 13.2. The Balaban J connectivity index is 1.74. The minimum Gasteiger partial charge on any atom is -0.311 e. The van der Waals surface area contributed by atoms with Gasteiger partial charge in [-0.3, -0.25) is 9.59 Å². The van der Waals surface area contributed by atoms with Gasteiger partial charge in [0.2, 0.25) is 5.91 Å². The quantitative estimate of drug-likeness (QED) is 0.698. The molecule has 132 valence electrons. The maximum Gasteiger partial charge on any atom is 0.227 e. The molecule has 1 saturated carbocycles. The summed E-state index contributed by atoms with van der Waals surface area (Å²) >= 11 is 6.25. The van der Waals surface area contributed by atoms with Crippen molar-refractivity contribution in [2.45, 2.75) is 32.2 Å². The molecule has 0 unspecified atom stereocenters. The molecule has 0 bridgehead atoms. The molecule has 0 N–H and O–H groups in total. The van der Waals surface area contributed by atoms with E-state index in [0.29, 0.717) is 35.9 Å². The Morgan fingerprint density at radius 2 is 1.69 bits per heavy atom. The zero-order valence-electron chi connectivity index (χ0n) is 14.5. The van der Waals surface area contributed by atoms with Crippen molar-refractivity contribution in [3.63, 3.8) is 0 Å². The molecule has 0 aromatic heterocycles. The van der Waals surface area contributed by atoms with Crippen LogP contribution in [-0.4, -0.2) is 16.6 Å². The van der Waals surface area contributed by atoms with Crippen LogP contribution in [0.2, 0.25) is 5.02 Å². The molecule has 26 heavy (non-hydrogen) atoms. The number of hydrogen-bond acceptors (Lipinski definition) is 2. The Hall–Kier alpha value is -2.39. The van der Waals surface area contributed by atoms with Crippen molar-refractivity contribution in [1.82, 2.24) is 4.90 Å². The normalized spacial score (nSPS) is 17.6. The van der Waals surface area contributed by atoms with E-state index < -0.39 is 0 Å². The first-order valence-electron chi connectivity index (χ1n) is 9.01. The summed E-state index contributed by atoms with van der Waals surface area (Å²) in [6, 6.07) is 17.1. The van der Waals surface area contributed by atoms with E-state index in [1.54, 1.807) is 12.1 Å². The van der Waals surface area contributed by atoms with Crippen LogP contribution in [0.4, 0.5) is 0 Å². The molecule has 2 aliphatic rings. The molecule has 2 aromatic carbocycles. The number of rotatable bonds is 5. The smallest absolute Gasteiger partial charge is 0.227 e. The van der Waals surface area contributed by atoms with E-state index in [2.05, 4.69) is 0 Å². The average Bonchev–Trinajstić information content (AvgIpc) is 3.49. The number of amides is 1. The minimum absolute atomic E-state index is 0.0388. The predicted molar refractivity (Wildman–Crippen MR) is 102 cm³/mol. The number of halogens is 1. The van der Waals surface area contributed by atoms with Gasteiger partial charge in [0.15, 0.2) is 5.78 Å². The fourth-order valence-corrected chi connectivity index (χ4v) is 3.81. The molecule has 0 saturated heterocycles. The molecule has 0 atom stereocenters. The highest BCUT2D eigenvalue weighted by Gasteiger charge is 2.39. The fourth-order valence-electron chi connectivity index (χ4n) is 3.59. The lowest BCUT2D eigenvalue weighted by Gasteiger charge is -2.32. The summed E-state index contributed by atoms with van der Waals surface area (Å²) in [6.07, 6.45) is 2.94. The number of allylic oxidation sites excluding steroid dienone is 2. The third-order valence-corrected chi connectivity index (χ3v) is 5.36. The molecule has 3 nitrogen and oxygen atoms in total. The van der Waals surface area contributed by atoms with Crippen LogP contribution in [0.25, 0.3) is 0 Å². The lowest BCUT2D eigenvalue weighted by Crippen LogP contribution is -2.36. The Morgan fingerprint density at radius 1 is 1.00 bits per heavy atom. The predicted octanol–water partition coefficient (Wildman–Crippen LogP) is 5.01. The summed E-state index contributed by atoms with van der Waals surface area (Å²) in [5.41, 5.74) is 3.29. The fraction of sp³-hybridized carbons (Fsp3) is 0.273. The van der Waals surface area contributed by atoms with Gasteiger partial charge in [-0.2, -0.15) is 0 Å². The van der Waals surface area contributed by atoms with E-state index >= 15 is 0 Å². The van der Waals surface area contributed by atoms with Gasteiger partial charge in [-0.1, -0.05) is 54.1 Å². The molecule has 1 aliphatic heterocycles. The van der Waals surface area contributed by atoms with Gasteiger partial charge in [-0.25, -0.2) is 0 Å². The van der Waals surface area contributed by atoms with Crippen molar-refractivity contribution in [2.24, 2.45) is 5.92 Å². The lowest BCUT2D eigenvalue weighted by atomic mass is 9.91. The van der Waals surface area contributed by atoms with Crippen molar-refractivity contribution < 1.29 is 9.59 Å². The lowest BCUT2D eigenvalue weighted by molar-refractivity contribution is -0.130. The van der Waals surface area contributed by atoms with Crippen LogP contribution in [0.1, 0.15) is 41.6 Å². The zero-order valence-corrected chi connectivity index (χ0v) is 15.2. The average molecular weight is 366 g/mol. The first-order chi connectivity index (χ1) is 12.6. The number of carbonyl (C=O) groups is 2. The van der Waals surface area contributed by atoms with E-state index in [1.165, 1.54) is 0 Å². The van der Waals surface area contributed by atoms with Crippen molar-refractivity contribution in [1.29, 1.82) is 0 Å². The van der Waals surface area contributed by atoms with Crippen LogP contribution >= 0.6 is 11.6 Å². The number of benzene rings is 2. The van der Waals surface area contributed by atoms with Crippen LogP contribution in [0.5, 0.6) is 0 Å². The standard InChI is InChI=1S/C22H20ClNO2/c23-19-9-5-4-8-17(19)22(26)18-12-13-20(25)24(21(18)16-10-11-16)14-15-6-2-1-3-7-15/h1-9,16H,10-14H2. The summed E-state index contributed by atoms with van der Waals surface area (Å²) in [4.78, 5) is 27.7. The summed E-state index contributed by atoms with van der Waals surface area (Å²) in [6.45, 7) is 0.519. The Morgan fingerprint density at radius 3 is 2.38 bits per heavy atom. The van der Waals surface area contributed by atoms with Crippen LogP contribution < -0.4 is 0 Å². The molecule has 1 amide bonds. The van der Waals surface area contributed by atoms with Gasteiger partial charge in [-0.05, 0) is 42.9 Å². The van der Waals surface area contributed by atoms with Gasteiger partial charge in [0, 0.05) is 23.3 Å². The van der Waals surface area contributed by atoms with Gasteiger partial charge in [0.05, 0.1) is 11.6 Å². The topological polar surface area (TPSA) is 37.4 Å². The zero-order chi connectivity index (χ0) is 18.1. The summed E-state index contributed by atoms with van der Waals surface area (Å²) in [7, 11) is 0. The highest BCUT2D eigenvalue weighted by Crippen LogP contribution is 2.44. The number of Topliss-reactive ketones (excluding diaryl/α,β-unsaturated/α-hetero) is 1. The molecule has 0 radical (unpaired) electrons. The van der Waals surface area contributed by atoms with Crippen LogP contribution in [0.15, 0.2) is 65.9 Å². The van der Waals surface area contributed by atoms with Crippen molar-refractivity contribution in [2.75, 3.05) is 0 Å². The Bertz CT molecular complexity index is 884. The highest BCUT2D eigenvalue weighted by molar-refractivity contribution is 6.35. The molecular formula is C22H20ClNO2. The third-order valence-electron chi connectivity index (χ3n) is 5.03. The molecule has 4 heteroatoms. The van der Waals surface area contributed by atoms with Gasteiger partial charge in [0.1, 0.15) is 0 Å². The van der Waals surface area contributed by atoms with E-state index in [-0.39, 0.29) is 11.7 Å². The largest absolute Gasteiger partial charge is 0.311 e. The van der Waals surface area contributed by atoms with Crippen LogP contribution in [-0.2, 0) is 11.3 Å². The van der Waals surface area contributed by atoms with Crippen molar-refractivity contribution in [3.8, 4) is 0 Å². The number of hydrogen-bond donors (Lipinski definition) is 0. The first kappa shape index (κ1) is 17.0. The van der Waals surface area contributed by atoms with E-state index in [0.717, 1.165) is 29.7 Å². The molecule has 0 spiro atoms. The number of carbonyl (C=O) groups excluding carboxylic acids is 2. The molecule has 4 rings (SSSR count). The van der Waals surface area contributed by atoms with Crippen molar-refractivity contribution in [3.05, 3.63) is 82.0 Å². The molecule has 1 heterocycles. The summed E-state index contributed by atoms with van der Waals surface area (Å²) < 4.78 is 0. The van der Waals surface area contributed by atoms with E-state index in [9.17, 15) is 9.59 Å². The van der Waals surface area contributed by atoms with Crippen LogP contribution in [0.3, 0.4) is 0 Å². The summed E-state index contributed by atoms with van der Waals surface area (Å²) in [5, 5.41) is 0.464. The monoisotopic (exact) mass is 365 g/mol. The summed E-state index contributed by atoms with van der Waals surface area (Å²) in [5.74, 6) is 0.374. The van der Waals surface area contributed by atoms with Gasteiger partial charge < -0.3 is 4.90 Å². The SMILES string of the molecule is O=C(C1=C(C2CC2)N(Cc2ccccc2)C(=O)CC1)c1ccccc1Cl. The van der Waals surface area contributed by atoms with Gasteiger partial charge >= 0.3 is 0 Å². The first-order valence-corrected chi connectivity index (χ1v) is 9.39. The van der Waals surface area contributed by atoms with Gasteiger partial charge in [-0.15, -0.1) is 0 Å². The second kappa shape index (κ2) is 7.08. The second-order valence-electron chi connectivity index (χ2n) is 6.91. The molecular weight excluding hydrogens is 346 g/mol. The molecule has 2 aromatic rings. The molecule has 1 aliphatic carbocycles. The number of nitrogens with zero attached hydrogens (tertiary/aromatic N) is 1. The maximum absolute atomic E-state index is 13.2. The third kappa shape index (κ3) is 3.32. The van der Waals surface area contributed by atoms with E-state index in [1.807, 2.05) is 47.4 Å². The second-order valence-corrected chi connectivity index (χ2v) is 7.32. The van der Waals surface area contributed by atoms with E-state index in [4.69, 9.17) is 11.6 Å². The van der Waals surface area contributed by atoms with Gasteiger partial charge in [0.25, 0.3) is 0 Å². The highest BCUT2D eigenvalue weighted by atomic mass is 35.5. The minimum atomic E-state index is -0.0388. The van der Waals surface area contributed by atoms with Crippen LogP contribution in [0, 0.1) is 5.92 Å². The Labute approximate surface area is 158 Å². The molecule has 1 fully saturated rings. The Kier molecular flexibility index (Phi) is 4.64.